The molecule has 0 bridgehead atoms. The number of rotatable bonds is 5. The molecule has 2 aromatic rings. The first-order chi connectivity index (χ1) is 18.1. The normalized spacial score (nSPS) is 23.4. The Balaban J connectivity index is 1.36. The smallest absolute Gasteiger partial charge is 0.381 e. The van der Waals surface area contributed by atoms with Crippen molar-refractivity contribution >= 4 is 29.2 Å². The number of hydrogen-bond acceptors (Lipinski definition) is 7. The van der Waals surface area contributed by atoms with Crippen LogP contribution in [0.15, 0.2) is 23.0 Å². The minimum atomic E-state index is -4.89. The van der Waals surface area contributed by atoms with E-state index in [0.29, 0.717) is 56.8 Å². The highest BCUT2D eigenvalue weighted by Gasteiger charge is 2.48. The second-order valence-electron chi connectivity index (χ2n) is 10.3. The molecule has 0 aromatic carbocycles. The van der Waals surface area contributed by atoms with Crippen molar-refractivity contribution in [2.45, 2.75) is 63.1 Å². The average Bonchev–Trinajstić information content (AvgIpc) is 3.48. The molecule has 0 radical (unpaired) electrons. The van der Waals surface area contributed by atoms with Gasteiger partial charge in [0.05, 0.1) is 11.1 Å². The van der Waals surface area contributed by atoms with Crippen molar-refractivity contribution < 1.29 is 36.8 Å². The lowest BCUT2D eigenvalue weighted by Gasteiger charge is -2.32. The molecule has 5 rings (SSSR count). The summed E-state index contributed by atoms with van der Waals surface area (Å²) >= 11 is 0. The molecule has 13 heteroatoms. The van der Waals surface area contributed by atoms with Crippen LogP contribution in [0, 0.1) is 11.8 Å². The SMILES string of the molecule is CC1CCC([C@H](NC(=O)c2conc2C(F)(F)F)C(=O)Nc2cc3c(cn2)C2(CCOCC2)C(=O)N3)CC1. The van der Waals surface area contributed by atoms with Gasteiger partial charge in [0.1, 0.15) is 23.7 Å². The highest BCUT2D eigenvalue weighted by molar-refractivity contribution is 6.07. The van der Waals surface area contributed by atoms with Crippen LogP contribution in [0.2, 0.25) is 0 Å². The number of alkyl halides is 3. The van der Waals surface area contributed by atoms with E-state index in [2.05, 4.69) is 37.5 Å². The summed E-state index contributed by atoms with van der Waals surface area (Å²) in [6.45, 7) is 2.99. The molecule has 1 spiro atoms. The van der Waals surface area contributed by atoms with Crippen molar-refractivity contribution in [2.24, 2.45) is 11.8 Å². The Labute approximate surface area is 216 Å². The lowest BCUT2D eigenvalue weighted by molar-refractivity contribution is -0.143. The summed E-state index contributed by atoms with van der Waals surface area (Å²) in [5, 5.41) is 10.9. The molecule has 1 saturated carbocycles. The van der Waals surface area contributed by atoms with Crippen molar-refractivity contribution in [3.63, 3.8) is 0 Å². The molecule has 0 unspecified atom stereocenters. The summed E-state index contributed by atoms with van der Waals surface area (Å²) < 4.78 is 49.6. The lowest BCUT2D eigenvalue weighted by atomic mass is 9.76. The van der Waals surface area contributed by atoms with Gasteiger partial charge in [-0.1, -0.05) is 24.9 Å². The number of amides is 3. The molecule has 3 amide bonds. The summed E-state index contributed by atoms with van der Waals surface area (Å²) in [7, 11) is 0. The molecular formula is C25H28F3N5O5. The van der Waals surface area contributed by atoms with Gasteiger partial charge in [-0.25, -0.2) is 4.98 Å². The van der Waals surface area contributed by atoms with E-state index in [4.69, 9.17) is 4.74 Å². The van der Waals surface area contributed by atoms with E-state index in [-0.39, 0.29) is 17.6 Å². The van der Waals surface area contributed by atoms with Crippen LogP contribution < -0.4 is 16.0 Å². The molecule has 38 heavy (non-hydrogen) atoms. The molecule has 3 aliphatic rings. The number of anilines is 2. The number of pyridine rings is 1. The predicted molar refractivity (Wildman–Crippen MR) is 127 cm³/mol. The number of nitrogens with zero attached hydrogens (tertiary/aromatic N) is 2. The van der Waals surface area contributed by atoms with Crippen molar-refractivity contribution in [1.82, 2.24) is 15.5 Å². The minimum Gasteiger partial charge on any atom is -0.381 e. The molecule has 204 valence electrons. The highest BCUT2D eigenvalue weighted by atomic mass is 19.4. The third-order valence-corrected chi connectivity index (χ3v) is 7.88. The van der Waals surface area contributed by atoms with Gasteiger partial charge in [0.15, 0.2) is 5.69 Å². The highest BCUT2D eigenvalue weighted by Crippen LogP contribution is 2.44. The van der Waals surface area contributed by atoms with E-state index in [1.165, 1.54) is 0 Å². The van der Waals surface area contributed by atoms with Crippen molar-refractivity contribution in [3.05, 3.63) is 35.3 Å². The Hall–Kier alpha value is -3.48. The topological polar surface area (TPSA) is 135 Å². The number of hydrogen-bond donors (Lipinski definition) is 3. The zero-order valence-electron chi connectivity index (χ0n) is 20.7. The van der Waals surface area contributed by atoms with Crippen LogP contribution in [0.1, 0.15) is 67.1 Å². The number of ether oxygens (including phenoxy) is 1. The molecule has 1 aliphatic carbocycles. The van der Waals surface area contributed by atoms with E-state index >= 15 is 0 Å². The first kappa shape index (κ1) is 26.1. The first-order valence-corrected chi connectivity index (χ1v) is 12.6. The van der Waals surface area contributed by atoms with Gasteiger partial charge in [0.2, 0.25) is 11.8 Å². The van der Waals surface area contributed by atoms with Gasteiger partial charge in [0, 0.05) is 31.0 Å². The van der Waals surface area contributed by atoms with Crippen molar-refractivity contribution in [3.8, 4) is 0 Å². The number of nitrogens with one attached hydrogen (secondary N) is 3. The summed E-state index contributed by atoms with van der Waals surface area (Å²) in [5.74, 6) is -1.54. The Morgan fingerprint density at radius 2 is 1.89 bits per heavy atom. The Morgan fingerprint density at radius 3 is 2.58 bits per heavy atom. The van der Waals surface area contributed by atoms with Crippen LogP contribution in [0.25, 0.3) is 0 Å². The molecule has 2 aliphatic heterocycles. The number of carbonyl (C=O) groups excluding carboxylic acids is 3. The second kappa shape index (κ2) is 10.0. The maximum atomic E-state index is 13.4. The molecule has 10 nitrogen and oxygen atoms in total. The fraction of sp³-hybridized carbons (Fsp3) is 0.560. The molecular weight excluding hydrogens is 507 g/mol. The van der Waals surface area contributed by atoms with Crippen molar-refractivity contribution in [1.29, 1.82) is 0 Å². The summed E-state index contributed by atoms with van der Waals surface area (Å²) in [5.41, 5.74) is -1.69. The van der Waals surface area contributed by atoms with Gasteiger partial charge in [-0.05, 0) is 37.5 Å². The number of aromatic nitrogens is 2. The van der Waals surface area contributed by atoms with E-state index in [1.807, 2.05) is 0 Å². The summed E-state index contributed by atoms with van der Waals surface area (Å²) in [6.07, 6.45) is 1.20. The quantitative estimate of drug-likeness (QED) is 0.532. The maximum Gasteiger partial charge on any atom is 0.437 e. The molecule has 3 N–H and O–H groups in total. The molecule has 2 aromatic heterocycles. The van der Waals surface area contributed by atoms with Crippen LogP contribution in [0.5, 0.6) is 0 Å². The zero-order valence-corrected chi connectivity index (χ0v) is 20.7. The van der Waals surface area contributed by atoms with Gasteiger partial charge in [-0.2, -0.15) is 13.2 Å². The van der Waals surface area contributed by atoms with Gasteiger partial charge >= 0.3 is 6.18 Å². The van der Waals surface area contributed by atoms with Gasteiger partial charge in [-0.15, -0.1) is 0 Å². The van der Waals surface area contributed by atoms with E-state index in [0.717, 1.165) is 18.4 Å². The van der Waals surface area contributed by atoms with Crippen LogP contribution in [0.3, 0.4) is 0 Å². The maximum absolute atomic E-state index is 13.4. The van der Waals surface area contributed by atoms with Crippen LogP contribution in [-0.4, -0.2) is 47.1 Å². The lowest BCUT2D eigenvalue weighted by Crippen LogP contribution is -2.49. The van der Waals surface area contributed by atoms with E-state index < -0.39 is 40.7 Å². The van der Waals surface area contributed by atoms with E-state index in [1.54, 1.807) is 12.3 Å². The molecule has 1 saturated heterocycles. The summed E-state index contributed by atoms with van der Waals surface area (Å²) in [6, 6.07) is 0.441. The van der Waals surface area contributed by atoms with Crippen molar-refractivity contribution in [2.75, 3.05) is 23.8 Å². The number of carbonyl (C=O) groups is 3. The Kier molecular flexibility index (Phi) is 6.88. The van der Waals surface area contributed by atoms with E-state index in [9.17, 15) is 27.6 Å². The molecule has 2 fully saturated rings. The predicted octanol–water partition coefficient (Wildman–Crippen LogP) is 3.65. The third kappa shape index (κ3) is 4.86. The zero-order chi connectivity index (χ0) is 27.1. The fourth-order valence-corrected chi connectivity index (χ4v) is 5.63. The number of fused-ring (bicyclic) bond motifs is 2. The monoisotopic (exact) mass is 535 g/mol. The van der Waals surface area contributed by atoms with Crippen LogP contribution in [-0.2, 0) is 25.9 Å². The van der Waals surface area contributed by atoms with Gasteiger partial charge in [-0.3, -0.25) is 14.4 Å². The van der Waals surface area contributed by atoms with Crippen LogP contribution >= 0.6 is 0 Å². The Bertz CT molecular complexity index is 1230. The second-order valence-corrected chi connectivity index (χ2v) is 10.3. The largest absolute Gasteiger partial charge is 0.437 e. The fourth-order valence-electron chi connectivity index (χ4n) is 5.63. The van der Waals surface area contributed by atoms with Gasteiger partial charge in [0.25, 0.3) is 5.91 Å². The third-order valence-electron chi connectivity index (χ3n) is 7.88. The minimum absolute atomic E-state index is 0.142. The summed E-state index contributed by atoms with van der Waals surface area (Å²) in [4.78, 5) is 43.4. The Morgan fingerprint density at radius 1 is 1.18 bits per heavy atom. The van der Waals surface area contributed by atoms with Crippen LogP contribution in [0.4, 0.5) is 24.7 Å². The molecule has 4 heterocycles. The first-order valence-electron chi connectivity index (χ1n) is 12.6. The number of halogens is 3. The van der Waals surface area contributed by atoms with Gasteiger partial charge < -0.3 is 25.2 Å². The molecule has 1 atom stereocenters. The average molecular weight is 536 g/mol. The standard InChI is InChI=1S/C25H28F3N5O5/c1-13-2-4-14(5-3-13)19(32-21(34)15-12-38-33-20(15)25(26,27)28)22(35)31-18-10-17-16(11-29-18)24(23(36)30-17)6-8-37-9-7-24/h10-14,19H,2-9H2,1H3,(H,30,36)(H,32,34)(H,29,31,35)/t13?,14?,19-/m0/s1.